The lowest BCUT2D eigenvalue weighted by Gasteiger charge is -2.07. The maximum atomic E-state index is 10.9. The van der Waals surface area contributed by atoms with Crippen LogP contribution >= 0.6 is 0 Å². The second-order valence-electron chi connectivity index (χ2n) is 3.46. The second-order valence-corrected chi connectivity index (χ2v) is 3.46. The van der Waals surface area contributed by atoms with Crippen LogP contribution in [0.15, 0.2) is 48.5 Å². The van der Waals surface area contributed by atoms with Crippen molar-refractivity contribution in [2.24, 2.45) is 5.73 Å². The monoisotopic (exact) mass is 229 g/mol. The number of primary amides is 1. The Morgan fingerprint density at radius 1 is 1.06 bits per heavy atom. The number of ether oxygens (including phenoxy) is 1. The van der Waals surface area contributed by atoms with Gasteiger partial charge >= 0.3 is 0 Å². The highest BCUT2D eigenvalue weighted by molar-refractivity contribution is 5.92. The van der Waals surface area contributed by atoms with Crippen molar-refractivity contribution >= 4 is 5.91 Å². The maximum Gasteiger partial charge on any atom is 0.248 e. The van der Waals surface area contributed by atoms with Crippen LogP contribution in [-0.2, 0) is 0 Å². The molecule has 0 bridgehead atoms. The Bertz CT molecular complexity index is 535. The SMILES string of the molecule is NC(=O)c1ccc(Oc2ccccc2O)cc1. The number of rotatable bonds is 3. The summed E-state index contributed by atoms with van der Waals surface area (Å²) in [6.45, 7) is 0. The number of nitrogens with two attached hydrogens (primary N) is 1. The molecular weight excluding hydrogens is 218 g/mol. The molecule has 17 heavy (non-hydrogen) atoms. The third-order valence-electron chi connectivity index (χ3n) is 2.23. The van der Waals surface area contributed by atoms with Crippen molar-refractivity contribution < 1.29 is 14.6 Å². The smallest absolute Gasteiger partial charge is 0.248 e. The van der Waals surface area contributed by atoms with Gasteiger partial charge in [0.25, 0.3) is 0 Å². The molecule has 0 atom stereocenters. The van der Waals surface area contributed by atoms with E-state index in [0.717, 1.165) is 0 Å². The molecular formula is C13H11NO3. The van der Waals surface area contributed by atoms with Crippen molar-refractivity contribution in [1.29, 1.82) is 0 Å². The van der Waals surface area contributed by atoms with Crippen LogP contribution in [0.4, 0.5) is 0 Å². The summed E-state index contributed by atoms with van der Waals surface area (Å²) in [6, 6.07) is 13.0. The molecule has 0 fully saturated rings. The summed E-state index contributed by atoms with van der Waals surface area (Å²) in [7, 11) is 0. The van der Waals surface area contributed by atoms with Crippen molar-refractivity contribution in [3.63, 3.8) is 0 Å². The highest BCUT2D eigenvalue weighted by Crippen LogP contribution is 2.29. The summed E-state index contributed by atoms with van der Waals surface area (Å²) in [5.41, 5.74) is 5.53. The Labute approximate surface area is 98.3 Å². The minimum absolute atomic E-state index is 0.0616. The van der Waals surface area contributed by atoms with Gasteiger partial charge in [0.05, 0.1) is 0 Å². The summed E-state index contributed by atoms with van der Waals surface area (Å²) < 4.78 is 5.44. The van der Waals surface area contributed by atoms with E-state index in [1.165, 1.54) is 6.07 Å². The third kappa shape index (κ3) is 2.55. The Kier molecular flexibility index (Phi) is 2.96. The molecule has 86 valence electrons. The molecule has 0 saturated carbocycles. The lowest BCUT2D eigenvalue weighted by Crippen LogP contribution is -2.10. The third-order valence-corrected chi connectivity index (χ3v) is 2.23. The molecule has 0 unspecified atom stereocenters. The van der Waals surface area contributed by atoms with E-state index in [9.17, 15) is 9.90 Å². The molecule has 0 heterocycles. The zero-order valence-electron chi connectivity index (χ0n) is 8.96. The minimum Gasteiger partial charge on any atom is -0.504 e. The van der Waals surface area contributed by atoms with E-state index in [1.807, 2.05) is 0 Å². The van der Waals surface area contributed by atoms with Gasteiger partial charge in [-0.3, -0.25) is 4.79 Å². The second kappa shape index (κ2) is 4.57. The molecule has 1 amide bonds. The van der Waals surface area contributed by atoms with Gasteiger partial charge in [0.15, 0.2) is 11.5 Å². The lowest BCUT2D eigenvalue weighted by atomic mass is 10.2. The molecule has 0 aliphatic heterocycles. The first kappa shape index (κ1) is 11.0. The fourth-order valence-corrected chi connectivity index (χ4v) is 1.36. The van der Waals surface area contributed by atoms with Crippen molar-refractivity contribution in [2.45, 2.75) is 0 Å². The van der Waals surface area contributed by atoms with Crippen molar-refractivity contribution in [3.05, 3.63) is 54.1 Å². The largest absolute Gasteiger partial charge is 0.504 e. The topological polar surface area (TPSA) is 72.6 Å². The number of phenols is 1. The van der Waals surface area contributed by atoms with Crippen LogP contribution in [0.1, 0.15) is 10.4 Å². The van der Waals surface area contributed by atoms with Gasteiger partial charge in [0.2, 0.25) is 5.91 Å². The molecule has 4 heteroatoms. The summed E-state index contributed by atoms with van der Waals surface area (Å²) in [5.74, 6) is 0.460. The number of aromatic hydroxyl groups is 1. The number of carbonyl (C=O) groups is 1. The normalized spacial score (nSPS) is 9.88. The first-order valence-corrected chi connectivity index (χ1v) is 5.02. The number of hydrogen-bond acceptors (Lipinski definition) is 3. The van der Waals surface area contributed by atoms with Gasteiger partial charge in [-0.15, -0.1) is 0 Å². The number of benzene rings is 2. The van der Waals surface area contributed by atoms with E-state index in [0.29, 0.717) is 17.1 Å². The predicted octanol–water partition coefficient (Wildman–Crippen LogP) is 2.28. The molecule has 3 N–H and O–H groups in total. The molecule has 0 spiro atoms. The van der Waals surface area contributed by atoms with Gasteiger partial charge in [-0.2, -0.15) is 0 Å². The van der Waals surface area contributed by atoms with E-state index >= 15 is 0 Å². The Morgan fingerprint density at radius 3 is 2.29 bits per heavy atom. The number of phenolic OH excluding ortho intramolecular Hbond substituents is 1. The van der Waals surface area contributed by atoms with Crippen LogP contribution in [0.3, 0.4) is 0 Å². The van der Waals surface area contributed by atoms with Crippen LogP contribution in [0.2, 0.25) is 0 Å². The van der Waals surface area contributed by atoms with Crippen LogP contribution in [0.25, 0.3) is 0 Å². The lowest BCUT2D eigenvalue weighted by molar-refractivity contribution is 0.100. The van der Waals surface area contributed by atoms with E-state index in [-0.39, 0.29) is 5.75 Å². The Balaban J connectivity index is 2.20. The van der Waals surface area contributed by atoms with Gasteiger partial charge in [-0.25, -0.2) is 0 Å². The summed E-state index contributed by atoms with van der Waals surface area (Å²) in [5, 5.41) is 9.52. The van der Waals surface area contributed by atoms with Crippen LogP contribution in [0.5, 0.6) is 17.2 Å². The zero-order valence-corrected chi connectivity index (χ0v) is 8.96. The quantitative estimate of drug-likeness (QED) is 0.848. The molecule has 4 nitrogen and oxygen atoms in total. The Hall–Kier alpha value is -2.49. The molecule has 0 aromatic heterocycles. The molecule has 2 rings (SSSR count). The van der Waals surface area contributed by atoms with Crippen molar-refractivity contribution in [3.8, 4) is 17.2 Å². The molecule has 2 aromatic carbocycles. The molecule has 0 aliphatic rings. The fraction of sp³-hybridized carbons (Fsp3) is 0. The van der Waals surface area contributed by atoms with Crippen LogP contribution in [0, 0.1) is 0 Å². The first-order valence-electron chi connectivity index (χ1n) is 5.02. The van der Waals surface area contributed by atoms with Crippen LogP contribution in [-0.4, -0.2) is 11.0 Å². The number of carbonyl (C=O) groups excluding carboxylic acids is 1. The van der Waals surface area contributed by atoms with Gasteiger partial charge in [0.1, 0.15) is 5.75 Å². The predicted molar refractivity (Wildman–Crippen MR) is 63.1 cm³/mol. The van der Waals surface area contributed by atoms with E-state index in [4.69, 9.17) is 10.5 Å². The van der Waals surface area contributed by atoms with Crippen molar-refractivity contribution in [1.82, 2.24) is 0 Å². The average Bonchev–Trinajstić information content (AvgIpc) is 2.33. The molecule has 0 saturated heterocycles. The van der Waals surface area contributed by atoms with Crippen molar-refractivity contribution in [2.75, 3.05) is 0 Å². The van der Waals surface area contributed by atoms with E-state index in [2.05, 4.69) is 0 Å². The van der Waals surface area contributed by atoms with E-state index < -0.39 is 5.91 Å². The summed E-state index contributed by atoms with van der Waals surface area (Å²) >= 11 is 0. The molecule has 2 aromatic rings. The van der Waals surface area contributed by atoms with Gasteiger partial charge in [0, 0.05) is 5.56 Å². The molecule has 0 radical (unpaired) electrons. The summed E-state index contributed by atoms with van der Waals surface area (Å²) in [6.07, 6.45) is 0. The highest BCUT2D eigenvalue weighted by atomic mass is 16.5. The van der Waals surface area contributed by atoms with Gasteiger partial charge in [-0.05, 0) is 36.4 Å². The fourth-order valence-electron chi connectivity index (χ4n) is 1.36. The average molecular weight is 229 g/mol. The highest BCUT2D eigenvalue weighted by Gasteiger charge is 2.04. The number of para-hydroxylation sites is 2. The van der Waals surface area contributed by atoms with E-state index in [1.54, 1.807) is 42.5 Å². The zero-order chi connectivity index (χ0) is 12.3. The maximum absolute atomic E-state index is 10.9. The minimum atomic E-state index is -0.487. The summed E-state index contributed by atoms with van der Waals surface area (Å²) in [4.78, 5) is 10.9. The Morgan fingerprint density at radius 2 is 1.71 bits per heavy atom. The molecule has 0 aliphatic carbocycles. The van der Waals surface area contributed by atoms with Gasteiger partial charge in [-0.1, -0.05) is 12.1 Å². The standard InChI is InChI=1S/C13H11NO3/c14-13(16)9-5-7-10(8-6-9)17-12-4-2-1-3-11(12)15/h1-8,15H,(H2,14,16). The first-order chi connectivity index (χ1) is 8.16. The number of hydrogen-bond donors (Lipinski definition) is 2. The number of amides is 1. The van der Waals surface area contributed by atoms with Crippen LogP contribution < -0.4 is 10.5 Å². The van der Waals surface area contributed by atoms with Gasteiger partial charge < -0.3 is 15.6 Å².